The average molecular weight is 327 g/mol. The van der Waals surface area contributed by atoms with Crippen molar-refractivity contribution in [2.75, 3.05) is 11.9 Å². The minimum atomic E-state index is -0.0658. The highest BCUT2D eigenvalue weighted by molar-refractivity contribution is 5.75. The molecule has 1 aromatic heterocycles. The van der Waals surface area contributed by atoms with Gasteiger partial charge in [0.25, 0.3) is 0 Å². The highest BCUT2D eigenvalue weighted by atomic mass is 16.2. The molecule has 1 aliphatic rings. The molecule has 0 atom stereocenters. The maximum atomic E-state index is 11.9. The van der Waals surface area contributed by atoms with Crippen LogP contribution in [0.3, 0.4) is 0 Å². The summed E-state index contributed by atoms with van der Waals surface area (Å²) in [6.45, 7) is 0.726. The number of carbonyl (C=O) groups excluding carboxylic acids is 1. The Morgan fingerprint density at radius 1 is 1.25 bits per heavy atom. The molecule has 0 spiro atoms. The second-order valence-corrected chi connectivity index (χ2v) is 6.44. The summed E-state index contributed by atoms with van der Waals surface area (Å²) >= 11 is 0. The molecule has 24 heavy (non-hydrogen) atoms. The Morgan fingerprint density at radius 3 is 2.67 bits per heavy atom. The predicted octanol–water partition coefficient (Wildman–Crippen LogP) is 2.36. The Balaban J connectivity index is 1.49. The van der Waals surface area contributed by atoms with Crippen molar-refractivity contribution < 1.29 is 4.79 Å². The molecule has 1 N–H and O–H groups in total. The number of hydrogen-bond acceptors (Lipinski definition) is 4. The van der Waals surface area contributed by atoms with Crippen LogP contribution in [0.5, 0.6) is 0 Å². The summed E-state index contributed by atoms with van der Waals surface area (Å²) in [5, 5.41) is 6.83. The van der Waals surface area contributed by atoms with E-state index in [0.29, 0.717) is 12.6 Å². The highest BCUT2D eigenvalue weighted by Crippen LogP contribution is 2.26. The van der Waals surface area contributed by atoms with Crippen LogP contribution in [0.25, 0.3) is 0 Å². The van der Waals surface area contributed by atoms with Crippen LogP contribution < -0.4 is 10.2 Å². The van der Waals surface area contributed by atoms with Crippen LogP contribution in [0.4, 0.5) is 5.69 Å². The molecule has 1 aliphatic carbocycles. The van der Waals surface area contributed by atoms with Gasteiger partial charge in [-0.3, -0.25) is 4.79 Å². The van der Waals surface area contributed by atoms with Gasteiger partial charge in [0.05, 0.1) is 0 Å². The summed E-state index contributed by atoms with van der Waals surface area (Å²) in [4.78, 5) is 18.1. The van der Waals surface area contributed by atoms with Crippen LogP contribution in [-0.2, 0) is 17.9 Å². The molecule has 3 rings (SSSR count). The van der Waals surface area contributed by atoms with E-state index < -0.39 is 0 Å². The number of rotatable bonds is 6. The van der Waals surface area contributed by atoms with E-state index in [0.717, 1.165) is 5.56 Å². The summed E-state index contributed by atoms with van der Waals surface area (Å²) in [5.41, 5.74) is 2.35. The zero-order valence-electron chi connectivity index (χ0n) is 14.2. The molecule has 1 fully saturated rings. The monoisotopic (exact) mass is 327 g/mol. The van der Waals surface area contributed by atoms with Crippen LogP contribution in [0.1, 0.15) is 37.7 Å². The quantitative estimate of drug-likeness (QED) is 0.885. The minimum absolute atomic E-state index is 0.0658. The molecule has 6 heteroatoms. The fourth-order valence-corrected chi connectivity index (χ4v) is 3.25. The first-order valence-corrected chi connectivity index (χ1v) is 8.63. The number of benzene rings is 1. The van der Waals surface area contributed by atoms with Gasteiger partial charge in [0.15, 0.2) is 0 Å². The van der Waals surface area contributed by atoms with E-state index in [4.69, 9.17) is 0 Å². The molecular weight excluding hydrogens is 302 g/mol. The molecule has 1 amide bonds. The third-order valence-electron chi connectivity index (χ3n) is 4.73. The van der Waals surface area contributed by atoms with E-state index in [1.54, 1.807) is 0 Å². The average Bonchev–Trinajstić information content (AvgIpc) is 3.13. The number of aromatic nitrogens is 3. The lowest BCUT2D eigenvalue weighted by atomic mass is 9.94. The van der Waals surface area contributed by atoms with Crippen LogP contribution >= 0.6 is 0 Å². The molecule has 128 valence electrons. The van der Waals surface area contributed by atoms with Gasteiger partial charge in [-0.1, -0.05) is 31.4 Å². The molecular formula is C18H25N5O. The van der Waals surface area contributed by atoms with E-state index in [1.165, 1.54) is 55.1 Å². The summed E-state index contributed by atoms with van der Waals surface area (Å²) in [5.74, 6) is -0.0658. The molecule has 6 nitrogen and oxygen atoms in total. The fraction of sp³-hybridized carbons (Fsp3) is 0.500. The number of hydrogen-bond donors (Lipinski definition) is 1. The Morgan fingerprint density at radius 2 is 2.00 bits per heavy atom. The first-order valence-electron chi connectivity index (χ1n) is 8.63. The van der Waals surface area contributed by atoms with Crippen LogP contribution in [0, 0.1) is 0 Å². The fourth-order valence-electron chi connectivity index (χ4n) is 3.25. The minimum Gasteiger partial charge on any atom is -0.372 e. The van der Waals surface area contributed by atoms with Gasteiger partial charge in [0.1, 0.15) is 19.2 Å². The topological polar surface area (TPSA) is 63.1 Å². The van der Waals surface area contributed by atoms with Crippen molar-refractivity contribution in [2.24, 2.45) is 0 Å². The second kappa shape index (κ2) is 7.95. The van der Waals surface area contributed by atoms with Crippen LogP contribution in [0.15, 0.2) is 36.9 Å². The third kappa shape index (κ3) is 4.34. The van der Waals surface area contributed by atoms with Gasteiger partial charge in [-0.05, 0) is 30.5 Å². The number of nitrogens with one attached hydrogen (secondary N) is 1. The molecule has 0 saturated heterocycles. The van der Waals surface area contributed by atoms with Crippen LogP contribution in [-0.4, -0.2) is 33.8 Å². The molecule has 0 aliphatic heterocycles. The van der Waals surface area contributed by atoms with E-state index in [9.17, 15) is 4.79 Å². The molecule has 0 unspecified atom stereocenters. The summed E-state index contributed by atoms with van der Waals surface area (Å²) in [7, 11) is 2.19. The zero-order valence-corrected chi connectivity index (χ0v) is 14.2. The molecule has 1 heterocycles. The lowest BCUT2D eigenvalue weighted by Gasteiger charge is -2.33. The Bertz CT molecular complexity index is 632. The van der Waals surface area contributed by atoms with E-state index in [1.807, 2.05) is 0 Å². The number of amides is 1. The summed E-state index contributed by atoms with van der Waals surface area (Å²) in [6.07, 6.45) is 9.59. The second-order valence-electron chi connectivity index (χ2n) is 6.44. The lowest BCUT2D eigenvalue weighted by Crippen LogP contribution is -2.33. The third-order valence-corrected chi connectivity index (χ3v) is 4.73. The standard InChI is InChI=1S/C18H25N5O/c1-22(16-5-3-2-4-6-16)17-9-7-15(8-10-17)11-20-18(24)12-23-14-19-13-21-23/h7-10,13-14,16H,2-6,11-12H2,1H3,(H,20,24). The smallest absolute Gasteiger partial charge is 0.242 e. The first-order chi connectivity index (χ1) is 11.7. The van der Waals surface area contributed by atoms with Gasteiger partial charge in [-0.25, -0.2) is 9.67 Å². The van der Waals surface area contributed by atoms with Crippen molar-refractivity contribution in [3.05, 3.63) is 42.5 Å². The van der Waals surface area contributed by atoms with Gasteiger partial charge in [0.2, 0.25) is 5.91 Å². The van der Waals surface area contributed by atoms with Crippen molar-refractivity contribution in [1.29, 1.82) is 0 Å². The van der Waals surface area contributed by atoms with Gasteiger partial charge < -0.3 is 10.2 Å². The number of nitrogens with zero attached hydrogens (tertiary/aromatic N) is 4. The zero-order chi connectivity index (χ0) is 16.8. The summed E-state index contributed by atoms with van der Waals surface area (Å²) in [6, 6.07) is 9.13. The van der Waals surface area contributed by atoms with Gasteiger partial charge in [-0.2, -0.15) is 5.10 Å². The highest BCUT2D eigenvalue weighted by Gasteiger charge is 2.18. The molecule has 0 bridgehead atoms. The maximum absolute atomic E-state index is 11.9. The van der Waals surface area contributed by atoms with Crippen molar-refractivity contribution in [1.82, 2.24) is 20.1 Å². The van der Waals surface area contributed by atoms with Crippen molar-refractivity contribution >= 4 is 11.6 Å². The molecule has 2 aromatic rings. The van der Waals surface area contributed by atoms with Crippen LogP contribution in [0.2, 0.25) is 0 Å². The SMILES string of the molecule is CN(c1ccc(CNC(=O)Cn2cncn2)cc1)C1CCCCC1. The van der Waals surface area contributed by atoms with Gasteiger partial charge >= 0.3 is 0 Å². The van der Waals surface area contributed by atoms with Gasteiger partial charge in [-0.15, -0.1) is 0 Å². The molecule has 1 aromatic carbocycles. The largest absolute Gasteiger partial charge is 0.372 e. The van der Waals surface area contributed by atoms with Crippen molar-refractivity contribution in [3.8, 4) is 0 Å². The summed E-state index contributed by atoms with van der Waals surface area (Å²) < 4.78 is 1.51. The van der Waals surface area contributed by atoms with E-state index >= 15 is 0 Å². The molecule has 0 radical (unpaired) electrons. The predicted molar refractivity (Wildman–Crippen MR) is 93.6 cm³/mol. The Kier molecular flexibility index (Phi) is 5.46. The number of carbonyl (C=O) groups is 1. The Labute approximate surface area is 142 Å². The van der Waals surface area contributed by atoms with Gasteiger partial charge in [0, 0.05) is 25.3 Å². The lowest BCUT2D eigenvalue weighted by molar-refractivity contribution is -0.122. The van der Waals surface area contributed by atoms with Crippen molar-refractivity contribution in [3.63, 3.8) is 0 Å². The Hall–Kier alpha value is -2.37. The normalized spacial score (nSPS) is 15.2. The van der Waals surface area contributed by atoms with E-state index in [2.05, 4.69) is 51.6 Å². The molecule has 1 saturated carbocycles. The first kappa shape index (κ1) is 16.5. The number of anilines is 1. The van der Waals surface area contributed by atoms with Crippen molar-refractivity contribution in [2.45, 2.75) is 51.2 Å². The maximum Gasteiger partial charge on any atom is 0.242 e. The van der Waals surface area contributed by atoms with E-state index in [-0.39, 0.29) is 12.5 Å².